The Kier molecular flexibility index (Phi) is 5.82. The molecule has 0 bridgehead atoms. The van der Waals surface area contributed by atoms with Gasteiger partial charge in [-0.25, -0.2) is 0 Å². The fourth-order valence-electron chi connectivity index (χ4n) is 4.08. The lowest BCUT2D eigenvalue weighted by molar-refractivity contribution is -0.231. The van der Waals surface area contributed by atoms with E-state index in [4.69, 9.17) is 23.7 Å². The molecule has 3 fully saturated rings. The molecule has 2 amide bonds. The van der Waals surface area contributed by atoms with Gasteiger partial charge in [0.05, 0.1) is 0 Å². The standard InChI is InChI=1S/C22H30N2O7/c1-12-6-8-13(9-7-12)24-14(25)10-11-23-19(26)17-15-16(29-21(2,3)28-15)18-20(27-17)31-22(4,5)30-18/h6-9,15-18,20H,10-11H2,1-5H3,(H,23,26)(H,24,25)/t15-,16-,17+,18+,20+/m0/s1. The molecular weight excluding hydrogens is 404 g/mol. The molecule has 0 unspecified atom stereocenters. The Hall–Kier alpha value is -2.04. The number of carbonyl (C=O) groups is 2. The number of hydrogen-bond acceptors (Lipinski definition) is 7. The van der Waals surface area contributed by atoms with Crippen LogP contribution in [0.5, 0.6) is 0 Å². The topological polar surface area (TPSA) is 104 Å². The second kappa shape index (κ2) is 8.14. The van der Waals surface area contributed by atoms with Crippen LogP contribution in [0.25, 0.3) is 0 Å². The van der Waals surface area contributed by atoms with Crippen molar-refractivity contribution in [1.29, 1.82) is 0 Å². The van der Waals surface area contributed by atoms with Crippen LogP contribution in [-0.4, -0.2) is 60.6 Å². The molecule has 170 valence electrons. The van der Waals surface area contributed by atoms with E-state index in [-0.39, 0.29) is 24.8 Å². The van der Waals surface area contributed by atoms with Gasteiger partial charge in [0.2, 0.25) is 5.91 Å². The molecule has 9 nitrogen and oxygen atoms in total. The zero-order valence-corrected chi connectivity index (χ0v) is 18.5. The zero-order valence-electron chi connectivity index (χ0n) is 18.5. The molecule has 1 aromatic carbocycles. The molecule has 3 saturated heterocycles. The summed E-state index contributed by atoms with van der Waals surface area (Å²) in [7, 11) is 0. The van der Waals surface area contributed by atoms with E-state index in [1.807, 2.05) is 31.2 Å². The predicted molar refractivity (Wildman–Crippen MR) is 110 cm³/mol. The Morgan fingerprint density at radius 1 is 0.903 bits per heavy atom. The Morgan fingerprint density at radius 2 is 1.52 bits per heavy atom. The molecule has 0 spiro atoms. The van der Waals surface area contributed by atoms with Gasteiger partial charge < -0.3 is 34.3 Å². The third-order valence-corrected chi connectivity index (χ3v) is 5.40. The maximum atomic E-state index is 12.9. The van der Waals surface area contributed by atoms with E-state index in [1.54, 1.807) is 27.7 Å². The van der Waals surface area contributed by atoms with Crippen molar-refractivity contribution < 1.29 is 33.3 Å². The van der Waals surface area contributed by atoms with Gasteiger partial charge in [0.1, 0.15) is 18.3 Å². The maximum absolute atomic E-state index is 12.9. The summed E-state index contributed by atoms with van der Waals surface area (Å²) in [6.07, 6.45) is -3.19. The van der Waals surface area contributed by atoms with Crippen LogP contribution in [0.2, 0.25) is 0 Å². The van der Waals surface area contributed by atoms with E-state index in [9.17, 15) is 9.59 Å². The average Bonchev–Trinajstić information content (AvgIpc) is 3.16. The molecule has 0 aliphatic carbocycles. The van der Waals surface area contributed by atoms with Crippen LogP contribution in [0, 0.1) is 6.92 Å². The van der Waals surface area contributed by atoms with Gasteiger partial charge in [0.25, 0.3) is 5.91 Å². The van der Waals surface area contributed by atoms with E-state index in [1.165, 1.54) is 0 Å². The lowest BCUT2D eigenvalue weighted by Crippen LogP contribution is -2.59. The minimum Gasteiger partial charge on any atom is -0.353 e. The first-order valence-corrected chi connectivity index (χ1v) is 10.5. The van der Waals surface area contributed by atoms with Crippen LogP contribution in [-0.2, 0) is 33.3 Å². The number of nitrogens with one attached hydrogen (secondary N) is 2. The van der Waals surface area contributed by atoms with Gasteiger partial charge in [-0.05, 0) is 46.8 Å². The van der Waals surface area contributed by atoms with Crippen molar-refractivity contribution >= 4 is 17.5 Å². The van der Waals surface area contributed by atoms with Crippen LogP contribution < -0.4 is 10.6 Å². The predicted octanol–water partition coefficient (Wildman–Crippen LogP) is 1.84. The first kappa shape index (κ1) is 22.2. The average molecular weight is 434 g/mol. The highest BCUT2D eigenvalue weighted by Gasteiger charge is 2.62. The highest BCUT2D eigenvalue weighted by Crippen LogP contribution is 2.44. The molecule has 9 heteroatoms. The number of rotatable bonds is 5. The third kappa shape index (κ3) is 4.91. The Bertz CT molecular complexity index is 839. The largest absolute Gasteiger partial charge is 0.353 e. The summed E-state index contributed by atoms with van der Waals surface area (Å²) in [6.45, 7) is 9.27. The molecular formula is C22H30N2O7. The molecule has 2 N–H and O–H groups in total. The zero-order chi connectivity index (χ0) is 22.4. The van der Waals surface area contributed by atoms with Gasteiger partial charge in [-0.3, -0.25) is 9.59 Å². The highest BCUT2D eigenvalue weighted by atomic mass is 16.9. The summed E-state index contributed by atoms with van der Waals surface area (Å²) in [6, 6.07) is 7.51. The summed E-state index contributed by atoms with van der Waals surface area (Å²) in [5.41, 5.74) is 1.82. The molecule has 3 aliphatic rings. The van der Waals surface area contributed by atoms with Gasteiger partial charge in [-0.2, -0.15) is 0 Å². The van der Waals surface area contributed by atoms with Crippen molar-refractivity contribution in [3.05, 3.63) is 29.8 Å². The van der Waals surface area contributed by atoms with Crippen LogP contribution in [0.15, 0.2) is 24.3 Å². The molecule has 3 aliphatic heterocycles. The third-order valence-electron chi connectivity index (χ3n) is 5.40. The number of aryl methyl sites for hydroxylation is 1. The van der Waals surface area contributed by atoms with Crippen molar-refractivity contribution in [1.82, 2.24) is 5.32 Å². The first-order chi connectivity index (χ1) is 14.5. The van der Waals surface area contributed by atoms with E-state index >= 15 is 0 Å². The van der Waals surface area contributed by atoms with Crippen molar-refractivity contribution in [2.24, 2.45) is 0 Å². The minimum atomic E-state index is -0.939. The fraction of sp³-hybridized carbons (Fsp3) is 0.636. The van der Waals surface area contributed by atoms with Gasteiger partial charge in [0.15, 0.2) is 24.0 Å². The number of amides is 2. The summed E-state index contributed by atoms with van der Waals surface area (Å²) >= 11 is 0. The first-order valence-electron chi connectivity index (χ1n) is 10.5. The highest BCUT2D eigenvalue weighted by molar-refractivity contribution is 5.91. The fourth-order valence-corrected chi connectivity index (χ4v) is 4.08. The van der Waals surface area contributed by atoms with Crippen LogP contribution in [0.3, 0.4) is 0 Å². The summed E-state index contributed by atoms with van der Waals surface area (Å²) in [5, 5.41) is 5.57. The maximum Gasteiger partial charge on any atom is 0.252 e. The van der Waals surface area contributed by atoms with Crippen LogP contribution in [0.1, 0.15) is 39.7 Å². The summed E-state index contributed by atoms with van der Waals surface area (Å²) < 4.78 is 29.6. The molecule has 5 atom stereocenters. The second-order valence-electron chi connectivity index (χ2n) is 9.05. The van der Waals surface area contributed by atoms with Crippen molar-refractivity contribution in [3.63, 3.8) is 0 Å². The SMILES string of the molecule is Cc1ccc(NC(=O)CCNC(=O)[C@@H]2O[C@@H]3OC(C)(C)O[C@@H]3[C@H]3OC(C)(C)O[C@@H]32)cc1. The number of ether oxygens (including phenoxy) is 5. The molecule has 0 saturated carbocycles. The van der Waals surface area contributed by atoms with Gasteiger partial charge in [-0.1, -0.05) is 17.7 Å². The lowest BCUT2D eigenvalue weighted by atomic mass is 9.98. The molecule has 0 aromatic heterocycles. The number of anilines is 1. The quantitative estimate of drug-likeness (QED) is 0.729. The molecule has 1 aromatic rings. The van der Waals surface area contributed by atoms with Gasteiger partial charge in [-0.15, -0.1) is 0 Å². The van der Waals surface area contributed by atoms with Crippen LogP contribution >= 0.6 is 0 Å². The summed E-state index contributed by atoms with van der Waals surface area (Å²) in [4.78, 5) is 25.0. The monoisotopic (exact) mass is 434 g/mol. The molecule has 4 rings (SSSR count). The number of carbonyl (C=O) groups excluding carboxylic acids is 2. The minimum absolute atomic E-state index is 0.127. The lowest BCUT2D eigenvalue weighted by Gasteiger charge is -2.36. The Morgan fingerprint density at radius 3 is 2.23 bits per heavy atom. The second-order valence-corrected chi connectivity index (χ2v) is 9.05. The molecule has 0 radical (unpaired) electrons. The molecule has 31 heavy (non-hydrogen) atoms. The Labute approximate surface area is 181 Å². The smallest absolute Gasteiger partial charge is 0.252 e. The number of benzene rings is 1. The van der Waals surface area contributed by atoms with Crippen molar-refractivity contribution in [3.8, 4) is 0 Å². The molecule has 3 heterocycles. The Balaban J connectivity index is 1.34. The van der Waals surface area contributed by atoms with E-state index < -0.39 is 42.3 Å². The van der Waals surface area contributed by atoms with E-state index in [0.29, 0.717) is 5.69 Å². The van der Waals surface area contributed by atoms with E-state index in [0.717, 1.165) is 5.56 Å². The number of hydrogen-bond donors (Lipinski definition) is 2. The van der Waals surface area contributed by atoms with E-state index in [2.05, 4.69) is 10.6 Å². The van der Waals surface area contributed by atoms with Crippen molar-refractivity contribution in [2.75, 3.05) is 11.9 Å². The van der Waals surface area contributed by atoms with Crippen LogP contribution in [0.4, 0.5) is 5.69 Å². The van der Waals surface area contributed by atoms with Crippen molar-refractivity contribution in [2.45, 2.75) is 83.3 Å². The summed E-state index contributed by atoms with van der Waals surface area (Å²) in [5.74, 6) is -2.31. The number of fused-ring (bicyclic) bond motifs is 3. The van der Waals surface area contributed by atoms with Gasteiger partial charge >= 0.3 is 0 Å². The normalized spacial score (nSPS) is 32.7. The van der Waals surface area contributed by atoms with Gasteiger partial charge in [0, 0.05) is 18.7 Å².